The number of rotatable bonds is 6. The molecule has 9 heteroatoms. The lowest BCUT2D eigenvalue weighted by Gasteiger charge is -2.16. The van der Waals surface area contributed by atoms with Gasteiger partial charge in [0.1, 0.15) is 11.6 Å². The Labute approximate surface area is 161 Å². The molecule has 150 valence electrons. The van der Waals surface area contributed by atoms with Crippen LogP contribution in [0.2, 0.25) is 0 Å². The van der Waals surface area contributed by atoms with Crippen LogP contribution in [0.3, 0.4) is 0 Å². The normalized spacial score (nSPS) is 10.8. The number of carbonyl (C=O) groups is 3. The van der Waals surface area contributed by atoms with E-state index in [9.17, 15) is 9.18 Å². The van der Waals surface area contributed by atoms with E-state index in [2.05, 4.69) is 10.6 Å². The number of hydrogen-bond donors (Lipinski definition) is 4. The molecule has 0 saturated heterocycles. The van der Waals surface area contributed by atoms with E-state index in [1.165, 1.54) is 6.07 Å². The lowest BCUT2D eigenvalue weighted by molar-refractivity contribution is -0.159. The summed E-state index contributed by atoms with van der Waals surface area (Å²) in [5.74, 6) is -3.55. The highest BCUT2D eigenvalue weighted by Crippen LogP contribution is 2.23. The SMILES string of the molecule is COc1ccccc1NC(=O)C(C)NCc1ccccc1F.O=C(O)C(=O)O. The van der Waals surface area contributed by atoms with Crippen molar-refractivity contribution in [3.63, 3.8) is 0 Å². The van der Waals surface area contributed by atoms with Crippen LogP contribution in [-0.4, -0.2) is 41.2 Å². The molecule has 1 unspecified atom stereocenters. The zero-order chi connectivity index (χ0) is 21.1. The average Bonchev–Trinajstić information content (AvgIpc) is 2.67. The highest BCUT2D eigenvalue weighted by Gasteiger charge is 2.14. The summed E-state index contributed by atoms with van der Waals surface area (Å²) < 4.78 is 18.7. The predicted molar refractivity (Wildman–Crippen MR) is 99.6 cm³/mol. The fourth-order valence-electron chi connectivity index (χ4n) is 1.99. The highest BCUT2D eigenvalue weighted by molar-refractivity contribution is 6.27. The van der Waals surface area contributed by atoms with Gasteiger partial charge in [-0.1, -0.05) is 30.3 Å². The number of nitrogens with one attached hydrogen (secondary N) is 2. The number of methoxy groups -OCH3 is 1. The van der Waals surface area contributed by atoms with Gasteiger partial charge in [0.05, 0.1) is 18.8 Å². The number of carboxylic acid groups (broad SMARTS) is 2. The molecule has 0 saturated carbocycles. The summed E-state index contributed by atoms with van der Waals surface area (Å²) in [7, 11) is 1.55. The largest absolute Gasteiger partial charge is 0.495 e. The van der Waals surface area contributed by atoms with E-state index in [1.807, 2.05) is 12.1 Å². The van der Waals surface area contributed by atoms with Gasteiger partial charge >= 0.3 is 11.9 Å². The quantitative estimate of drug-likeness (QED) is 0.555. The molecule has 0 bridgehead atoms. The molecule has 0 aliphatic rings. The maximum atomic E-state index is 13.5. The van der Waals surface area contributed by atoms with E-state index in [0.29, 0.717) is 17.0 Å². The molecular formula is C19H21FN2O6. The number of anilines is 1. The highest BCUT2D eigenvalue weighted by atomic mass is 19.1. The number of carbonyl (C=O) groups excluding carboxylic acids is 1. The summed E-state index contributed by atoms with van der Waals surface area (Å²) in [6, 6.07) is 13.2. The minimum absolute atomic E-state index is 0.208. The Balaban J connectivity index is 0.000000568. The summed E-state index contributed by atoms with van der Waals surface area (Å²) in [5, 5.41) is 20.6. The fourth-order valence-corrected chi connectivity index (χ4v) is 1.99. The van der Waals surface area contributed by atoms with Crippen LogP contribution in [0.1, 0.15) is 12.5 Å². The summed E-state index contributed by atoms with van der Waals surface area (Å²) in [6.07, 6.45) is 0. The van der Waals surface area contributed by atoms with Gasteiger partial charge in [-0.05, 0) is 25.1 Å². The Bertz CT molecular complexity index is 816. The van der Waals surface area contributed by atoms with Gasteiger partial charge in [-0.3, -0.25) is 4.79 Å². The van der Waals surface area contributed by atoms with Gasteiger partial charge in [0.15, 0.2) is 0 Å². The van der Waals surface area contributed by atoms with E-state index < -0.39 is 18.0 Å². The molecule has 28 heavy (non-hydrogen) atoms. The Kier molecular flexibility index (Phi) is 9.11. The van der Waals surface area contributed by atoms with Gasteiger partial charge in [0.2, 0.25) is 5.91 Å². The van der Waals surface area contributed by atoms with E-state index in [-0.39, 0.29) is 18.3 Å². The Morgan fingerprint density at radius 2 is 1.61 bits per heavy atom. The van der Waals surface area contributed by atoms with Crippen LogP contribution in [0.25, 0.3) is 0 Å². The van der Waals surface area contributed by atoms with Crippen LogP contribution in [0.4, 0.5) is 10.1 Å². The lowest BCUT2D eigenvalue weighted by Crippen LogP contribution is -2.37. The molecule has 0 fully saturated rings. The van der Waals surface area contributed by atoms with Crippen molar-refractivity contribution in [3.8, 4) is 5.75 Å². The number of halogens is 1. The number of benzene rings is 2. The van der Waals surface area contributed by atoms with Crippen molar-refractivity contribution >= 4 is 23.5 Å². The van der Waals surface area contributed by atoms with E-state index in [0.717, 1.165) is 0 Å². The molecule has 1 atom stereocenters. The molecule has 2 rings (SSSR count). The molecule has 0 radical (unpaired) electrons. The van der Waals surface area contributed by atoms with Crippen molar-refractivity contribution in [1.29, 1.82) is 0 Å². The second kappa shape index (κ2) is 11.3. The molecule has 2 aromatic carbocycles. The summed E-state index contributed by atoms with van der Waals surface area (Å²) in [5.41, 5.74) is 1.13. The summed E-state index contributed by atoms with van der Waals surface area (Å²) in [4.78, 5) is 30.4. The lowest BCUT2D eigenvalue weighted by atomic mass is 10.2. The third-order valence-corrected chi connectivity index (χ3v) is 3.50. The second-order valence-corrected chi connectivity index (χ2v) is 5.49. The minimum atomic E-state index is -1.82. The Morgan fingerprint density at radius 1 is 1.04 bits per heavy atom. The third-order valence-electron chi connectivity index (χ3n) is 3.50. The maximum absolute atomic E-state index is 13.5. The summed E-state index contributed by atoms with van der Waals surface area (Å²) >= 11 is 0. The van der Waals surface area contributed by atoms with Gasteiger partial charge in [-0.25, -0.2) is 14.0 Å². The molecule has 0 aliphatic carbocycles. The minimum Gasteiger partial charge on any atom is -0.495 e. The molecule has 1 amide bonds. The first-order chi connectivity index (χ1) is 13.3. The van der Waals surface area contributed by atoms with Crippen LogP contribution in [0.5, 0.6) is 5.75 Å². The van der Waals surface area contributed by atoms with Crippen LogP contribution < -0.4 is 15.4 Å². The number of amides is 1. The standard InChI is InChI=1S/C17H19FN2O2.C2H2O4/c1-12(19-11-13-7-3-4-8-14(13)18)17(21)20-15-9-5-6-10-16(15)22-2;3-1(4)2(5)6/h3-10,12,19H,11H2,1-2H3,(H,20,21);(H,3,4)(H,5,6). The Hall–Kier alpha value is -3.46. The summed E-state index contributed by atoms with van der Waals surface area (Å²) in [6.45, 7) is 2.01. The smallest absolute Gasteiger partial charge is 0.414 e. The molecule has 0 heterocycles. The van der Waals surface area contributed by atoms with Gasteiger partial charge in [-0.15, -0.1) is 0 Å². The molecule has 4 N–H and O–H groups in total. The van der Waals surface area contributed by atoms with E-state index in [4.69, 9.17) is 24.5 Å². The molecule has 8 nitrogen and oxygen atoms in total. The third kappa shape index (κ3) is 7.42. The van der Waals surface area contributed by atoms with Crippen LogP contribution in [0.15, 0.2) is 48.5 Å². The molecular weight excluding hydrogens is 371 g/mol. The first-order valence-electron chi connectivity index (χ1n) is 8.13. The van der Waals surface area contributed by atoms with Crippen molar-refractivity contribution in [3.05, 3.63) is 59.9 Å². The zero-order valence-corrected chi connectivity index (χ0v) is 15.3. The maximum Gasteiger partial charge on any atom is 0.414 e. The van der Waals surface area contributed by atoms with Crippen LogP contribution >= 0.6 is 0 Å². The van der Waals surface area contributed by atoms with Crippen molar-refractivity contribution in [1.82, 2.24) is 5.32 Å². The number of para-hydroxylation sites is 2. The number of ether oxygens (including phenoxy) is 1. The zero-order valence-electron chi connectivity index (χ0n) is 15.3. The molecule has 0 aliphatic heterocycles. The van der Waals surface area contributed by atoms with E-state index >= 15 is 0 Å². The topological polar surface area (TPSA) is 125 Å². The van der Waals surface area contributed by atoms with Gasteiger partial charge in [0, 0.05) is 12.1 Å². The predicted octanol–water partition coefficient (Wildman–Crippen LogP) is 2.11. The molecule has 0 aromatic heterocycles. The number of carboxylic acids is 2. The first-order valence-corrected chi connectivity index (χ1v) is 8.13. The van der Waals surface area contributed by atoms with Gasteiger partial charge in [-0.2, -0.15) is 0 Å². The monoisotopic (exact) mass is 392 g/mol. The first kappa shape index (κ1) is 22.6. The fraction of sp³-hybridized carbons (Fsp3) is 0.211. The van der Waals surface area contributed by atoms with Crippen molar-refractivity contribution < 1.29 is 33.7 Å². The van der Waals surface area contributed by atoms with Gasteiger partial charge in [0.25, 0.3) is 0 Å². The van der Waals surface area contributed by atoms with Crippen LogP contribution in [-0.2, 0) is 20.9 Å². The molecule has 2 aromatic rings. The number of aliphatic carboxylic acids is 2. The number of hydrogen-bond acceptors (Lipinski definition) is 5. The Morgan fingerprint density at radius 3 is 2.18 bits per heavy atom. The average molecular weight is 392 g/mol. The van der Waals surface area contributed by atoms with E-state index in [1.54, 1.807) is 44.4 Å². The van der Waals surface area contributed by atoms with Crippen molar-refractivity contribution in [2.75, 3.05) is 12.4 Å². The molecule has 0 spiro atoms. The second-order valence-electron chi connectivity index (χ2n) is 5.49. The van der Waals surface area contributed by atoms with Crippen molar-refractivity contribution in [2.24, 2.45) is 0 Å². The van der Waals surface area contributed by atoms with Crippen molar-refractivity contribution in [2.45, 2.75) is 19.5 Å². The van der Waals surface area contributed by atoms with Gasteiger partial charge < -0.3 is 25.6 Å². The van der Waals surface area contributed by atoms with Crippen LogP contribution in [0, 0.1) is 5.82 Å².